The smallest absolute Gasteiger partial charge is 0.236 e. The van der Waals surface area contributed by atoms with Crippen molar-refractivity contribution < 1.29 is 24.5 Å². The van der Waals surface area contributed by atoms with Crippen LogP contribution in [0.1, 0.15) is 54.0 Å². The number of aliphatic hydroxyl groups excluding tert-OH is 1. The van der Waals surface area contributed by atoms with E-state index in [0.717, 1.165) is 103 Å². The molecule has 2 aromatic carbocycles. The largest absolute Gasteiger partial charge is 0.481 e. The van der Waals surface area contributed by atoms with Gasteiger partial charge in [0.25, 0.3) is 0 Å². The maximum Gasteiger partial charge on any atom is 0.236 e. The number of likely N-dealkylation sites (tertiary alicyclic amines) is 2. The van der Waals surface area contributed by atoms with Gasteiger partial charge in [-0.25, -0.2) is 4.98 Å². The van der Waals surface area contributed by atoms with Gasteiger partial charge in [-0.2, -0.15) is 4.98 Å². The molecule has 0 radical (unpaired) electrons. The number of benzene rings is 2. The summed E-state index contributed by atoms with van der Waals surface area (Å²) < 4.78 is 14.2. The van der Waals surface area contributed by atoms with Gasteiger partial charge in [0.05, 0.1) is 24.0 Å². The number of aliphatic hydroxyl groups is 2. The number of aromatic nitrogens is 4. The fourth-order valence-corrected chi connectivity index (χ4v) is 9.88. The van der Waals surface area contributed by atoms with Crippen LogP contribution < -0.4 is 14.8 Å². The molecule has 56 heavy (non-hydrogen) atoms. The lowest BCUT2D eigenvalue weighted by Gasteiger charge is -2.47. The van der Waals surface area contributed by atoms with Crippen LogP contribution >= 0.6 is 23.2 Å². The normalized spacial score (nSPS) is 20.8. The van der Waals surface area contributed by atoms with E-state index in [1.165, 1.54) is 5.56 Å². The van der Waals surface area contributed by atoms with E-state index in [2.05, 4.69) is 33.4 Å². The summed E-state index contributed by atoms with van der Waals surface area (Å²) in [5, 5.41) is 23.5. The number of amides is 1. The van der Waals surface area contributed by atoms with Crippen molar-refractivity contribution in [2.45, 2.75) is 57.6 Å². The topological polar surface area (TPSA) is 138 Å². The summed E-state index contributed by atoms with van der Waals surface area (Å²) in [5.74, 6) is 0.710. The predicted octanol–water partition coefficient (Wildman–Crippen LogP) is 5.92. The Labute approximate surface area is 335 Å². The number of piperidine rings is 1. The summed E-state index contributed by atoms with van der Waals surface area (Å²) in [5.41, 5.74) is 9.38. The number of hydrogen-bond donors (Lipinski definition) is 3. The zero-order chi connectivity index (χ0) is 38.7. The maximum atomic E-state index is 11.8. The Morgan fingerprint density at radius 1 is 1.00 bits per heavy atom. The van der Waals surface area contributed by atoms with Gasteiger partial charge in [0.2, 0.25) is 17.7 Å². The second-order valence-corrected chi connectivity index (χ2v) is 16.8. The van der Waals surface area contributed by atoms with Gasteiger partial charge < -0.3 is 29.6 Å². The first kappa shape index (κ1) is 37.3. The number of methoxy groups -OCH3 is 1. The lowest BCUT2D eigenvalue weighted by atomic mass is 9.79. The average Bonchev–Trinajstić information content (AvgIpc) is 3.87. The van der Waals surface area contributed by atoms with Gasteiger partial charge in [-0.15, -0.1) is 0 Å². The summed E-state index contributed by atoms with van der Waals surface area (Å²) in [7, 11) is 3.58. The summed E-state index contributed by atoms with van der Waals surface area (Å²) in [4.78, 5) is 31.0. The predicted molar refractivity (Wildman–Crippen MR) is 213 cm³/mol. The average molecular weight is 799 g/mol. The van der Waals surface area contributed by atoms with Crippen molar-refractivity contribution in [1.29, 1.82) is 0 Å². The van der Waals surface area contributed by atoms with E-state index in [1.807, 2.05) is 48.1 Å². The minimum absolute atomic E-state index is 0.0772. The molecular formula is C42H45Cl2N7O5. The fourth-order valence-electron chi connectivity index (χ4n) is 9.33. The van der Waals surface area contributed by atoms with Crippen LogP contribution in [-0.2, 0) is 31.4 Å². The molecule has 1 aliphatic carbocycles. The molecule has 2 atom stereocenters. The highest BCUT2D eigenvalue weighted by molar-refractivity contribution is 6.36. The molecule has 1 amide bonds. The van der Waals surface area contributed by atoms with Crippen molar-refractivity contribution in [2.75, 3.05) is 39.8 Å². The number of halogens is 2. The Kier molecular flexibility index (Phi) is 9.92. The molecule has 3 aliphatic heterocycles. The SMILES string of the molecule is COc1nc(O[C@H]2CCc3c(-c4cccc(-c5cnc6c(CN7CC8(CNC(=O)C8)C7)cn(C)c6n5)c4Cl)cccc32)c(Cl)cc1CN1CCC[C@@H](C(O)O)C1. The molecule has 14 heteroatoms. The number of carbonyl (C=O) groups excluding carboxylic acids is 1. The van der Waals surface area contributed by atoms with Crippen LogP contribution in [0.25, 0.3) is 33.5 Å². The second-order valence-electron chi connectivity index (χ2n) is 16.0. The molecule has 3 N–H and O–H groups in total. The van der Waals surface area contributed by atoms with Crippen molar-refractivity contribution in [1.82, 2.24) is 34.6 Å². The third-order valence-corrected chi connectivity index (χ3v) is 12.7. The number of fused-ring (bicyclic) bond motifs is 2. The Morgan fingerprint density at radius 2 is 1.79 bits per heavy atom. The molecule has 6 heterocycles. The van der Waals surface area contributed by atoms with Crippen LogP contribution in [0.2, 0.25) is 10.0 Å². The molecule has 0 saturated carbocycles. The standard InChI is InChI=1S/C42H45Cl2N7O5/c1-49-17-26(20-51-22-42(23-51)15-35(52)46-21-42)37-38(49)47-33(16-45-37)31-10-4-9-30(36(31)44)27-7-3-8-29-28(27)11-12-34(29)56-40-32(43)14-25(39(48-40)55-2)19-50-13-5-6-24(18-50)41(53)54/h3-4,7-10,14,16-17,24,34,41,53-54H,5-6,11-13,15,18-23H2,1-2H3,(H,46,52)/t24-,34+/m1/s1. The van der Waals surface area contributed by atoms with Crippen LogP contribution in [-0.4, -0.2) is 91.6 Å². The number of carbonyl (C=O) groups is 1. The summed E-state index contributed by atoms with van der Waals surface area (Å²) >= 11 is 14.1. The van der Waals surface area contributed by atoms with Gasteiger partial charge in [0, 0.05) is 92.5 Å². The number of pyridine rings is 1. The zero-order valence-electron chi connectivity index (χ0n) is 31.5. The molecule has 3 fully saturated rings. The van der Waals surface area contributed by atoms with Crippen molar-refractivity contribution in [2.24, 2.45) is 18.4 Å². The van der Waals surface area contributed by atoms with E-state index in [-0.39, 0.29) is 23.3 Å². The molecular weight excluding hydrogens is 753 g/mol. The van der Waals surface area contributed by atoms with E-state index >= 15 is 0 Å². The van der Waals surface area contributed by atoms with Gasteiger partial charge in [0.1, 0.15) is 16.6 Å². The van der Waals surface area contributed by atoms with Gasteiger partial charge in [0.15, 0.2) is 11.9 Å². The van der Waals surface area contributed by atoms with E-state index in [1.54, 1.807) is 7.11 Å². The quantitative estimate of drug-likeness (QED) is 0.146. The third-order valence-electron chi connectivity index (χ3n) is 12.0. The monoisotopic (exact) mass is 797 g/mol. The number of ether oxygens (including phenoxy) is 2. The van der Waals surface area contributed by atoms with Crippen LogP contribution in [0.3, 0.4) is 0 Å². The lowest BCUT2D eigenvalue weighted by molar-refractivity contribution is -0.120. The van der Waals surface area contributed by atoms with Crippen LogP contribution in [0, 0.1) is 11.3 Å². The van der Waals surface area contributed by atoms with E-state index < -0.39 is 6.29 Å². The Balaban J connectivity index is 0.934. The van der Waals surface area contributed by atoms with Crippen LogP contribution in [0.15, 0.2) is 54.9 Å². The van der Waals surface area contributed by atoms with E-state index in [9.17, 15) is 15.0 Å². The Morgan fingerprint density at radius 3 is 2.57 bits per heavy atom. The lowest BCUT2D eigenvalue weighted by Crippen LogP contribution is -2.56. The van der Waals surface area contributed by atoms with Crippen molar-refractivity contribution >= 4 is 40.3 Å². The van der Waals surface area contributed by atoms with Crippen molar-refractivity contribution in [3.05, 3.63) is 87.2 Å². The highest BCUT2D eigenvalue weighted by atomic mass is 35.5. The molecule has 3 aromatic heterocycles. The molecule has 4 aliphatic rings. The van der Waals surface area contributed by atoms with E-state index in [4.69, 9.17) is 47.6 Å². The van der Waals surface area contributed by atoms with Gasteiger partial charge >= 0.3 is 0 Å². The fraction of sp³-hybridized carbons (Fsp3) is 0.429. The Bertz CT molecular complexity index is 2330. The number of hydrogen-bond acceptors (Lipinski definition) is 10. The number of nitrogens with zero attached hydrogens (tertiary/aromatic N) is 6. The van der Waals surface area contributed by atoms with Crippen molar-refractivity contribution in [3.8, 4) is 34.1 Å². The minimum atomic E-state index is -1.33. The highest BCUT2D eigenvalue weighted by Gasteiger charge is 2.48. The molecule has 1 spiro atoms. The number of nitrogens with one attached hydrogen (secondary N) is 1. The number of aryl methyl sites for hydroxylation is 1. The van der Waals surface area contributed by atoms with Gasteiger partial charge in [-0.05, 0) is 55.0 Å². The molecule has 12 nitrogen and oxygen atoms in total. The van der Waals surface area contributed by atoms with Gasteiger partial charge in [-0.1, -0.05) is 59.6 Å². The summed E-state index contributed by atoms with van der Waals surface area (Å²) in [6.07, 6.45) is 6.13. The second kappa shape index (κ2) is 14.9. The zero-order valence-corrected chi connectivity index (χ0v) is 33.0. The summed E-state index contributed by atoms with van der Waals surface area (Å²) in [6.45, 7) is 5.28. The molecule has 9 rings (SSSR count). The molecule has 5 aromatic rings. The van der Waals surface area contributed by atoms with Gasteiger partial charge in [-0.3, -0.25) is 19.6 Å². The highest BCUT2D eigenvalue weighted by Crippen LogP contribution is 2.45. The molecule has 3 saturated heterocycles. The number of rotatable bonds is 10. The first-order valence-corrected chi connectivity index (χ1v) is 20.0. The van der Waals surface area contributed by atoms with Crippen LogP contribution in [0.4, 0.5) is 0 Å². The minimum Gasteiger partial charge on any atom is -0.481 e. The maximum absolute atomic E-state index is 11.8. The Hall–Kier alpha value is -4.30. The van der Waals surface area contributed by atoms with Crippen molar-refractivity contribution in [3.63, 3.8) is 0 Å². The first-order chi connectivity index (χ1) is 27.1. The van der Waals surface area contributed by atoms with Crippen LogP contribution in [0.5, 0.6) is 11.8 Å². The molecule has 292 valence electrons. The first-order valence-electron chi connectivity index (χ1n) is 19.3. The molecule has 0 bridgehead atoms. The van der Waals surface area contributed by atoms with E-state index in [0.29, 0.717) is 47.0 Å². The summed E-state index contributed by atoms with van der Waals surface area (Å²) in [6, 6.07) is 14.1. The third kappa shape index (κ3) is 6.90. The molecule has 0 unspecified atom stereocenters.